The molecule has 2 rings (SSSR count). The van der Waals surface area contributed by atoms with Gasteiger partial charge in [0, 0.05) is 17.8 Å². The second kappa shape index (κ2) is 7.67. The molecule has 1 unspecified atom stereocenters. The Morgan fingerprint density at radius 2 is 2.12 bits per heavy atom. The van der Waals surface area contributed by atoms with E-state index in [1.807, 2.05) is 0 Å². The molecule has 0 amide bonds. The number of benzene rings is 1. The molecule has 0 radical (unpaired) electrons. The summed E-state index contributed by atoms with van der Waals surface area (Å²) in [6.07, 6.45) is 2.83. The van der Waals surface area contributed by atoms with Gasteiger partial charge in [-0.05, 0) is 25.0 Å². The first-order valence-corrected chi connectivity index (χ1v) is 7.25. The Morgan fingerprint density at radius 3 is 2.75 bits per heavy atom. The van der Waals surface area contributed by atoms with Gasteiger partial charge in [0.15, 0.2) is 5.92 Å². The Hall–Kier alpha value is -2.77. The maximum atomic E-state index is 13.6. The summed E-state index contributed by atoms with van der Waals surface area (Å²) < 4.78 is 32.6. The fraction of sp³-hybridized carbons (Fsp3) is 0.312. The van der Waals surface area contributed by atoms with Crippen molar-refractivity contribution in [2.45, 2.75) is 19.9 Å². The third-order valence-electron chi connectivity index (χ3n) is 3.34. The number of carbonyl (C=O) groups is 2. The molecular formula is C16H16F2N2O4. The maximum Gasteiger partial charge on any atom is 0.320 e. The van der Waals surface area contributed by atoms with Crippen LogP contribution in [0, 0.1) is 17.6 Å². The number of halogens is 2. The molecule has 6 nitrogen and oxygen atoms in total. The average molecular weight is 338 g/mol. The van der Waals surface area contributed by atoms with Crippen LogP contribution in [0.25, 0.3) is 0 Å². The van der Waals surface area contributed by atoms with E-state index in [9.17, 15) is 18.4 Å². The molecule has 1 aromatic carbocycles. The van der Waals surface area contributed by atoms with E-state index in [4.69, 9.17) is 9.84 Å². The highest BCUT2D eigenvalue weighted by Crippen LogP contribution is 2.14. The van der Waals surface area contributed by atoms with Crippen LogP contribution in [0.15, 0.2) is 30.6 Å². The van der Waals surface area contributed by atoms with Crippen LogP contribution in [0.3, 0.4) is 0 Å². The van der Waals surface area contributed by atoms with Crippen molar-refractivity contribution in [2.75, 3.05) is 6.61 Å². The third-order valence-corrected chi connectivity index (χ3v) is 3.34. The van der Waals surface area contributed by atoms with E-state index in [0.717, 1.165) is 12.1 Å². The van der Waals surface area contributed by atoms with Crippen molar-refractivity contribution in [1.29, 1.82) is 0 Å². The zero-order valence-corrected chi connectivity index (χ0v) is 12.9. The first kappa shape index (κ1) is 17.6. The minimum Gasteiger partial charge on any atom is -0.481 e. The molecular weight excluding hydrogens is 322 g/mol. The Kier molecular flexibility index (Phi) is 5.62. The zero-order chi connectivity index (χ0) is 17.7. The van der Waals surface area contributed by atoms with Gasteiger partial charge in [-0.3, -0.25) is 14.3 Å². The molecule has 8 heteroatoms. The number of nitrogens with zero attached hydrogens (tertiary/aromatic N) is 2. The number of hydrogen-bond acceptors (Lipinski definition) is 4. The van der Waals surface area contributed by atoms with Gasteiger partial charge < -0.3 is 9.84 Å². The predicted octanol–water partition coefficient (Wildman–Crippen LogP) is 2.02. The minimum absolute atomic E-state index is 0.0588. The van der Waals surface area contributed by atoms with Crippen LogP contribution in [0.1, 0.15) is 18.1 Å². The standard InChI is InChI=1S/C16H16F2N2O4/c1-2-24-16(23)13(15(21)22)5-10-7-19-20(8-10)9-11-3-4-12(17)6-14(11)18/h3-4,6-8,13H,2,5,9H2,1H3,(H,21,22). The lowest BCUT2D eigenvalue weighted by Gasteiger charge is -2.09. The highest BCUT2D eigenvalue weighted by atomic mass is 19.1. The van der Waals surface area contributed by atoms with Crippen molar-refractivity contribution in [1.82, 2.24) is 9.78 Å². The molecule has 0 aliphatic carbocycles. The molecule has 0 saturated carbocycles. The van der Waals surface area contributed by atoms with E-state index < -0.39 is 29.5 Å². The molecule has 24 heavy (non-hydrogen) atoms. The van der Waals surface area contributed by atoms with Gasteiger partial charge in [-0.1, -0.05) is 6.07 Å². The van der Waals surface area contributed by atoms with Crippen molar-refractivity contribution in [3.63, 3.8) is 0 Å². The second-order valence-corrected chi connectivity index (χ2v) is 5.13. The quantitative estimate of drug-likeness (QED) is 0.617. The van der Waals surface area contributed by atoms with Gasteiger partial charge in [0.05, 0.1) is 19.3 Å². The summed E-state index contributed by atoms with van der Waals surface area (Å²) in [5, 5.41) is 13.1. The van der Waals surface area contributed by atoms with Crippen LogP contribution in [0.2, 0.25) is 0 Å². The topological polar surface area (TPSA) is 81.4 Å². The van der Waals surface area contributed by atoms with Crippen molar-refractivity contribution in [3.05, 3.63) is 53.4 Å². The van der Waals surface area contributed by atoms with Crippen LogP contribution in [0.5, 0.6) is 0 Å². The monoisotopic (exact) mass is 338 g/mol. The summed E-state index contributed by atoms with van der Waals surface area (Å²) in [5.74, 6) is -4.80. The van der Waals surface area contributed by atoms with Crippen molar-refractivity contribution in [2.24, 2.45) is 5.92 Å². The highest BCUT2D eigenvalue weighted by molar-refractivity contribution is 5.94. The van der Waals surface area contributed by atoms with E-state index in [-0.39, 0.29) is 25.1 Å². The number of esters is 1. The Morgan fingerprint density at radius 1 is 1.38 bits per heavy atom. The lowest BCUT2D eigenvalue weighted by Crippen LogP contribution is -2.27. The molecule has 0 aliphatic heterocycles. The molecule has 0 spiro atoms. The molecule has 0 aliphatic rings. The Labute approximate surface area is 136 Å². The van der Waals surface area contributed by atoms with E-state index in [2.05, 4.69) is 5.10 Å². The van der Waals surface area contributed by atoms with Gasteiger partial charge in [0.2, 0.25) is 0 Å². The van der Waals surface area contributed by atoms with Gasteiger partial charge >= 0.3 is 11.9 Å². The Bertz CT molecular complexity index is 745. The molecule has 1 atom stereocenters. The molecule has 128 valence electrons. The van der Waals surface area contributed by atoms with Crippen LogP contribution in [0.4, 0.5) is 8.78 Å². The summed E-state index contributed by atoms with van der Waals surface area (Å²) in [6.45, 7) is 1.74. The number of carboxylic acid groups (broad SMARTS) is 1. The molecule has 0 bridgehead atoms. The Balaban J connectivity index is 2.09. The lowest BCUT2D eigenvalue weighted by molar-refractivity contribution is -0.158. The normalized spacial score (nSPS) is 12.0. The van der Waals surface area contributed by atoms with Gasteiger partial charge in [0.1, 0.15) is 11.6 Å². The lowest BCUT2D eigenvalue weighted by atomic mass is 10.0. The summed E-state index contributed by atoms with van der Waals surface area (Å²) in [7, 11) is 0. The largest absolute Gasteiger partial charge is 0.481 e. The maximum absolute atomic E-state index is 13.6. The van der Waals surface area contributed by atoms with Gasteiger partial charge in [-0.2, -0.15) is 5.10 Å². The number of hydrogen-bond donors (Lipinski definition) is 1. The van der Waals surface area contributed by atoms with Crippen LogP contribution in [-0.4, -0.2) is 33.4 Å². The fourth-order valence-corrected chi connectivity index (χ4v) is 2.17. The number of aromatic nitrogens is 2. The van der Waals surface area contributed by atoms with Crippen molar-refractivity contribution < 1.29 is 28.2 Å². The number of ether oxygens (including phenoxy) is 1. The molecule has 0 fully saturated rings. The number of aliphatic carboxylic acids is 1. The summed E-state index contributed by atoms with van der Waals surface area (Å²) in [4.78, 5) is 22.8. The first-order valence-electron chi connectivity index (χ1n) is 7.25. The molecule has 1 aromatic heterocycles. The summed E-state index contributed by atoms with van der Waals surface area (Å²) in [5.41, 5.74) is 0.740. The average Bonchev–Trinajstić information content (AvgIpc) is 2.95. The van der Waals surface area contributed by atoms with E-state index in [1.54, 1.807) is 6.92 Å². The zero-order valence-electron chi connectivity index (χ0n) is 12.9. The fourth-order valence-electron chi connectivity index (χ4n) is 2.17. The van der Waals surface area contributed by atoms with E-state index >= 15 is 0 Å². The van der Waals surface area contributed by atoms with Crippen LogP contribution in [-0.2, 0) is 27.3 Å². The SMILES string of the molecule is CCOC(=O)C(Cc1cnn(Cc2ccc(F)cc2F)c1)C(=O)O. The highest BCUT2D eigenvalue weighted by Gasteiger charge is 2.28. The minimum atomic E-state index is -1.33. The predicted molar refractivity (Wildman–Crippen MR) is 79.1 cm³/mol. The van der Waals surface area contributed by atoms with Gasteiger partial charge in [0.25, 0.3) is 0 Å². The van der Waals surface area contributed by atoms with Crippen LogP contribution >= 0.6 is 0 Å². The molecule has 1 N–H and O–H groups in total. The first-order chi connectivity index (χ1) is 11.4. The van der Waals surface area contributed by atoms with Crippen molar-refractivity contribution in [3.8, 4) is 0 Å². The summed E-state index contributed by atoms with van der Waals surface area (Å²) in [6, 6.07) is 3.23. The van der Waals surface area contributed by atoms with Gasteiger partial charge in [-0.25, -0.2) is 8.78 Å². The molecule has 1 heterocycles. The van der Waals surface area contributed by atoms with Gasteiger partial charge in [-0.15, -0.1) is 0 Å². The van der Waals surface area contributed by atoms with Crippen LogP contribution < -0.4 is 0 Å². The van der Waals surface area contributed by atoms with E-state index in [1.165, 1.54) is 23.1 Å². The van der Waals surface area contributed by atoms with E-state index in [0.29, 0.717) is 5.56 Å². The second-order valence-electron chi connectivity index (χ2n) is 5.13. The number of carboxylic acids is 1. The van der Waals surface area contributed by atoms with Crippen molar-refractivity contribution >= 4 is 11.9 Å². The number of rotatable bonds is 7. The third kappa shape index (κ3) is 4.37. The summed E-state index contributed by atoms with van der Waals surface area (Å²) >= 11 is 0. The molecule has 2 aromatic rings. The number of carbonyl (C=O) groups excluding carboxylic acids is 1. The smallest absolute Gasteiger partial charge is 0.320 e. The molecule has 0 saturated heterocycles.